The van der Waals surface area contributed by atoms with E-state index in [0.717, 1.165) is 4.47 Å². The molecule has 0 saturated carbocycles. The van der Waals surface area contributed by atoms with Crippen LogP contribution in [0.25, 0.3) is 0 Å². The molecular weight excluding hydrogens is 264 g/mol. The summed E-state index contributed by atoms with van der Waals surface area (Å²) in [4.78, 5) is 1.29. The van der Waals surface area contributed by atoms with Gasteiger partial charge in [0.2, 0.25) is 0 Å². The van der Waals surface area contributed by atoms with Crippen LogP contribution in [0.5, 0.6) is 0 Å². The summed E-state index contributed by atoms with van der Waals surface area (Å²) in [6.45, 7) is 0. The molecule has 13 heavy (non-hydrogen) atoms. The van der Waals surface area contributed by atoms with Crippen LogP contribution in [0, 0.1) is 0 Å². The van der Waals surface area contributed by atoms with Crippen molar-refractivity contribution in [2.45, 2.75) is 9.10 Å². The van der Waals surface area contributed by atoms with Gasteiger partial charge in [0.05, 0.1) is 4.21 Å². The van der Waals surface area contributed by atoms with E-state index < -0.39 is 0 Å². The van der Waals surface area contributed by atoms with Gasteiger partial charge in [-0.05, 0) is 34.1 Å². The Morgan fingerprint density at radius 3 is 2.54 bits per heavy atom. The van der Waals surface area contributed by atoms with Crippen LogP contribution in [0.1, 0.15) is 0 Å². The summed E-state index contributed by atoms with van der Waals surface area (Å²) in [6.07, 6.45) is 0. The van der Waals surface area contributed by atoms with Gasteiger partial charge in [-0.3, -0.25) is 0 Å². The maximum atomic E-state index is 3.44. The highest BCUT2D eigenvalue weighted by Gasteiger charge is 1.99. The molecule has 0 unspecified atom stereocenters. The second-order valence-electron chi connectivity index (χ2n) is 2.50. The fourth-order valence-electron chi connectivity index (χ4n) is 0.953. The molecule has 0 aliphatic rings. The monoisotopic (exact) mass is 270 g/mol. The SMILES string of the molecule is Brc1csc(Sc2ccccc2)c1. The zero-order valence-electron chi connectivity index (χ0n) is 6.74. The van der Waals surface area contributed by atoms with Crippen molar-refractivity contribution in [2.75, 3.05) is 0 Å². The van der Waals surface area contributed by atoms with Gasteiger partial charge < -0.3 is 0 Å². The van der Waals surface area contributed by atoms with Gasteiger partial charge in [-0.15, -0.1) is 11.3 Å². The first-order valence-corrected chi connectivity index (χ1v) is 6.30. The van der Waals surface area contributed by atoms with Crippen LogP contribution >= 0.6 is 39.0 Å². The summed E-state index contributed by atoms with van der Waals surface area (Å²) < 4.78 is 2.48. The molecule has 0 N–H and O–H groups in total. The van der Waals surface area contributed by atoms with E-state index in [4.69, 9.17) is 0 Å². The minimum Gasteiger partial charge on any atom is -0.136 e. The first kappa shape index (κ1) is 9.31. The van der Waals surface area contributed by atoms with Crippen molar-refractivity contribution in [1.29, 1.82) is 0 Å². The van der Waals surface area contributed by atoms with Gasteiger partial charge in [0.25, 0.3) is 0 Å². The second-order valence-corrected chi connectivity index (χ2v) is 5.70. The average Bonchev–Trinajstić information content (AvgIpc) is 2.53. The Morgan fingerprint density at radius 1 is 1.15 bits per heavy atom. The zero-order chi connectivity index (χ0) is 9.10. The minimum atomic E-state index is 1.16. The summed E-state index contributed by atoms with van der Waals surface area (Å²) in [6, 6.07) is 12.5. The first-order valence-electron chi connectivity index (χ1n) is 3.81. The third-order valence-electron chi connectivity index (χ3n) is 1.51. The number of halogens is 1. The Morgan fingerprint density at radius 2 is 1.92 bits per heavy atom. The molecule has 2 aromatic rings. The van der Waals surface area contributed by atoms with Gasteiger partial charge in [0.15, 0.2) is 0 Å². The van der Waals surface area contributed by atoms with E-state index in [1.54, 1.807) is 23.1 Å². The van der Waals surface area contributed by atoms with Crippen LogP contribution in [0.15, 0.2) is 55.4 Å². The molecule has 0 bridgehead atoms. The lowest BCUT2D eigenvalue weighted by atomic mass is 10.4. The number of rotatable bonds is 2. The van der Waals surface area contributed by atoms with Crippen molar-refractivity contribution in [1.82, 2.24) is 0 Å². The highest BCUT2D eigenvalue weighted by atomic mass is 79.9. The van der Waals surface area contributed by atoms with Crippen molar-refractivity contribution in [3.05, 3.63) is 46.3 Å². The fraction of sp³-hybridized carbons (Fsp3) is 0. The third-order valence-corrected chi connectivity index (χ3v) is 4.35. The van der Waals surface area contributed by atoms with Gasteiger partial charge in [0.1, 0.15) is 0 Å². The Kier molecular flexibility index (Phi) is 3.09. The van der Waals surface area contributed by atoms with Gasteiger partial charge in [0, 0.05) is 14.7 Å². The summed E-state index contributed by atoms with van der Waals surface area (Å²) in [5.74, 6) is 0. The van der Waals surface area contributed by atoms with E-state index in [1.807, 2.05) is 6.07 Å². The second kappa shape index (κ2) is 4.31. The van der Waals surface area contributed by atoms with Crippen molar-refractivity contribution < 1.29 is 0 Å². The predicted octanol–water partition coefficient (Wildman–Crippen LogP) is 4.66. The molecule has 0 radical (unpaired) electrons. The van der Waals surface area contributed by atoms with Crippen molar-refractivity contribution in [2.24, 2.45) is 0 Å². The molecule has 0 aliphatic heterocycles. The molecule has 0 atom stereocenters. The summed E-state index contributed by atoms with van der Waals surface area (Å²) in [7, 11) is 0. The number of hydrogen-bond donors (Lipinski definition) is 0. The van der Waals surface area contributed by atoms with Crippen molar-refractivity contribution in [3.8, 4) is 0 Å². The molecule has 3 heteroatoms. The molecule has 0 saturated heterocycles. The molecule has 0 spiro atoms. The van der Waals surface area contributed by atoms with Crippen LogP contribution in [0.4, 0.5) is 0 Å². The lowest BCUT2D eigenvalue weighted by Gasteiger charge is -1.95. The minimum absolute atomic E-state index is 1.16. The highest BCUT2D eigenvalue weighted by Crippen LogP contribution is 2.34. The maximum absolute atomic E-state index is 3.44. The van der Waals surface area contributed by atoms with Gasteiger partial charge in [-0.25, -0.2) is 0 Å². The maximum Gasteiger partial charge on any atom is 0.0657 e. The average molecular weight is 271 g/mol. The molecule has 1 heterocycles. The van der Waals surface area contributed by atoms with E-state index >= 15 is 0 Å². The number of hydrogen-bond acceptors (Lipinski definition) is 2. The van der Waals surface area contributed by atoms with E-state index in [0.29, 0.717) is 0 Å². The fourth-order valence-corrected chi connectivity index (χ4v) is 3.59. The topological polar surface area (TPSA) is 0 Å². The van der Waals surface area contributed by atoms with E-state index in [1.165, 1.54) is 9.10 Å². The van der Waals surface area contributed by atoms with Crippen LogP contribution in [0.3, 0.4) is 0 Å². The lowest BCUT2D eigenvalue weighted by Crippen LogP contribution is -1.66. The van der Waals surface area contributed by atoms with Crippen molar-refractivity contribution >= 4 is 39.0 Å². The smallest absolute Gasteiger partial charge is 0.0657 e. The molecular formula is C10H7BrS2. The van der Waals surface area contributed by atoms with Crippen LogP contribution < -0.4 is 0 Å². The molecule has 66 valence electrons. The Balaban J connectivity index is 2.15. The normalized spacial score (nSPS) is 10.2. The predicted molar refractivity (Wildman–Crippen MR) is 62.6 cm³/mol. The van der Waals surface area contributed by atoms with E-state index in [-0.39, 0.29) is 0 Å². The Hall–Kier alpha value is -0.250. The molecule has 0 aliphatic carbocycles. The summed E-state index contributed by atoms with van der Waals surface area (Å²) in [5, 5.41) is 2.10. The van der Waals surface area contributed by atoms with Crippen LogP contribution in [0.2, 0.25) is 0 Å². The van der Waals surface area contributed by atoms with Gasteiger partial charge in [-0.1, -0.05) is 30.0 Å². The molecule has 0 nitrogen and oxygen atoms in total. The first-order chi connectivity index (χ1) is 6.34. The largest absolute Gasteiger partial charge is 0.136 e. The molecule has 0 fully saturated rings. The molecule has 0 amide bonds. The summed E-state index contributed by atoms with van der Waals surface area (Å²) in [5.41, 5.74) is 0. The number of benzene rings is 1. The zero-order valence-corrected chi connectivity index (χ0v) is 9.95. The molecule has 1 aromatic heterocycles. The van der Waals surface area contributed by atoms with Crippen LogP contribution in [-0.2, 0) is 0 Å². The Bertz CT molecular complexity index is 381. The third kappa shape index (κ3) is 2.59. The number of thiophene rings is 1. The standard InChI is InChI=1S/C10H7BrS2/c11-8-6-10(12-7-8)13-9-4-2-1-3-5-9/h1-7H. The highest BCUT2D eigenvalue weighted by molar-refractivity contribution is 9.10. The summed E-state index contributed by atoms with van der Waals surface area (Å²) >= 11 is 7.00. The van der Waals surface area contributed by atoms with E-state index in [2.05, 4.69) is 51.6 Å². The Labute approximate surface area is 94.1 Å². The molecule has 1 aromatic carbocycles. The quantitative estimate of drug-likeness (QED) is 0.765. The van der Waals surface area contributed by atoms with Crippen LogP contribution in [-0.4, -0.2) is 0 Å². The lowest BCUT2D eigenvalue weighted by molar-refractivity contribution is 1.46. The van der Waals surface area contributed by atoms with Crippen molar-refractivity contribution in [3.63, 3.8) is 0 Å². The van der Waals surface area contributed by atoms with Gasteiger partial charge >= 0.3 is 0 Å². The van der Waals surface area contributed by atoms with Gasteiger partial charge in [-0.2, -0.15) is 0 Å². The molecule has 2 rings (SSSR count). The van der Waals surface area contributed by atoms with E-state index in [9.17, 15) is 0 Å².